The number of sulfonamides is 1. The van der Waals surface area contributed by atoms with Crippen molar-refractivity contribution >= 4 is 21.7 Å². The van der Waals surface area contributed by atoms with E-state index in [4.69, 9.17) is 9.47 Å². The highest BCUT2D eigenvalue weighted by atomic mass is 32.3. The summed E-state index contributed by atoms with van der Waals surface area (Å²) in [7, 11) is -3.69. The molecule has 0 saturated heterocycles. The Morgan fingerprint density at radius 1 is 1.44 bits per heavy atom. The van der Waals surface area contributed by atoms with E-state index in [1.165, 1.54) is 27.9 Å². The lowest BCUT2D eigenvalue weighted by Gasteiger charge is -2.27. The highest BCUT2D eigenvalue weighted by Crippen LogP contribution is 2.34. The summed E-state index contributed by atoms with van der Waals surface area (Å²) in [6.45, 7) is 6.68. The first-order chi connectivity index (χ1) is 11.8. The van der Waals surface area contributed by atoms with Gasteiger partial charge in [0.15, 0.2) is 10.4 Å². The molecule has 2 atom stereocenters. The lowest BCUT2D eigenvalue weighted by molar-refractivity contribution is -0.0455. The molecule has 0 saturated carbocycles. The summed E-state index contributed by atoms with van der Waals surface area (Å²) in [4.78, 5) is 5.20. The van der Waals surface area contributed by atoms with Crippen LogP contribution in [-0.2, 0) is 25.9 Å². The van der Waals surface area contributed by atoms with E-state index in [2.05, 4.69) is 4.98 Å². The maximum absolute atomic E-state index is 13.1. The highest BCUT2D eigenvalue weighted by Gasteiger charge is 2.40. The van der Waals surface area contributed by atoms with Gasteiger partial charge in [0.25, 0.3) is 5.88 Å². The average Bonchev–Trinajstić information content (AvgIpc) is 3.01. The van der Waals surface area contributed by atoms with Crippen molar-refractivity contribution in [2.45, 2.75) is 43.9 Å². The second-order valence-electron chi connectivity index (χ2n) is 6.85. The van der Waals surface area contributed by atoms with Gasteiger partial charge in [0, 0.05) is 17.1 Å². The predicted molar refractivity (Wildman–Crippen MR) is 96.2 cm³/mol. The summed E-state index contributed by atoms with van der Waals surface area (Å²) < 4.78 is 39.3. The molecule has 3 heterocycles. The largest absolute Gasteiger partial charge is 0.593 e. The van der Waals surface area contributed by atoms with Gasteiger partial charge in [-0.1, -0.05) is 10.3 Å². The number of hydrogen-bond acceptors (Lipinski definition) is 6. The van der Waals surface area contributed by atoms with Gasteiger partial charge in [-0.15, -0.1) is 15.6 Å². The van der Waals surface area contributed by atoms with E-state index in [-0.39, 0.29) is 29.5 Å². The lowest BCUT2D eigenvalue weighted by Crippen LogP contribution is -2.42. The molecule has 0 N–H and O–H groups in total. The van der Waals surface area contributed by atoms with Crippen molar-refractivity contribution in [2.75, 3.05) is 13.2 Å². The van der Waals surface area contributed by atoms with Crippen LogP contribution in [0.25, 0.3) is 0 Å². The van der Waals surface area contributed by atoms with E-state index in [0.29, 0.717) is 6.54 Å². The molecule has 3 rings (SSSR count). The van der Waals surface area contributed by atoms with Crippen LogP contribution in [-0.4, -0.2) is 38.7 Å². The second kappa shape index (κ2) is 7.13. The molecular weight excluding hydrogens is 360 g/mol. The summed E-state index contributed by atoms with van der Waals surface area (Å²) >= 11 is 1.53. The first kappa shape index (κ1) is 18.5. The minimum atomic E-state index is -3.69. The van der Waals surface area contributed by atoms with Gasteiger partial charge in [0.05, 0.1) is 25.3 Å². The van der Waals surface area contributed by atoms with Crippen molar-refractivity contribution in [2.24, 2.45) is 0 Å². The first-order valence-electron chi connectivity index (χ1n) is 8.04. The Bertz CT molecular complexity index is 758. The van der Waals surface area contributed by atoms with Gasteiger partial charge >= 0.3 is 0 Å². The van der Waals surface area contributed by atoms with Gasteiger partial charge in [-0.2, -0.15) is 0 Å². The lowest BCUT2D eigenvalue weighted by atomic mass is 10.2. The summed E-state index contributed by atoms with van der Waals surface area (Å²) in [5, 5.41) is 1.94. The summed E-state index contributed by atoms with van der Waals surface area (Å²) in [5.74, 6) is 0.138. The van der Waals surface area contributed by atoms with Crippen molar-refractivity contribution in [3.8, 4) is 5.88 Å². The molecule has 1 aliphatic rings. The Hall–Kier alpha value is -1.32. The van der Waals surface area contributed by atoms with Crippen molar-refractivity contribution in [1.29, 1.82) is 0 Å². The molecule has 2 unspecified atom stereocenters. The average molecular weight is 383 g/mol. The normalized spacial score (nSPS) is 24.4. The summed E-state index contributed by atoms with van der Waals surface area (Å²) in [6, 6.07) is 6.98. The van der Waals surface area contributed by atoms with Crippen LogP contribution >= 0.6 is 11.3 Å². The third kappa shape index (κ3) is 4.45. The molecule has 6 nitrogen and oxygen atoms in total. The van der Waals surface area contributed by atoms with Gasteiger partial charge in [-0.05, 0) is 38.3 Å². The Morgan fingerprint density at radius 3 is 2.92 bits per heavy atom. The van der Waals surface area contributed by atoms with Gasteiger partial charge in [-0.25, -0.2) is 4.98 Å². The molecule has 2 aromatic rings. The monoisotopic (exact) mass is 382 g/mol. The molecule has 0 fully saturated rings. The molecule has 0 aliphatic carbocycles. The quantitative estimate of drug-likeness (QED) is 0.760. The number of aromatic nitrogens is 1. The van der Waals surface area contributed by atoms with Crippen LogP contribution < -0.4 is 4.74 Å². The maximum Gasteiger partial charge on any atom is 0.272 e. The van der Waals surface area contributed by atoms with Crippen LogP contribution in [0.2, 0.25) is 0 Å². The number of fused-ring (bicyclic) bond motifs is 1. The van der Waals surface area contributed by atoms with Crippen molar-refractivity contribution in [1.82, 2.24) is 9.29 Å². The van der Waals surface area contributed by atoms with Crippen LogP contribution in [0.3, 0.4) is 0 Å². The molecule has 0 bridgehead atoms. The Morgan fingerprint density at radius 2 is 2.24 bits per heavy atom. The van der Waals surface area contributed by atoms with Crippen LogP contribution in [0.4, 0.5) is 0 Å². The minimum Gasteiger partial charge on any atom is -0.593 e. The van der Waals surface area contributed by atoms with Gasteiger partial charge in [0.1, 0.15) is 6.10 Å². The molecule has 0 amide bonds. The fraction of sp³-hybridized carbons (Fsp3) is 0.471. The van der Waals surface area contributed by atoms with Crippen LogP contribution in [0.15, 0.2) is 40.7 Å². The fourth-order valence-corrected chi connectivity index (χ4v) is 4.80. The number of rotatable bonds is 4. The summed E-state index contributed by atoms with van der Waals surface area (Å²) in [5.41, 5.74) is -0.333. The number of nitrogens with zero attached hydrogens (tertiary/aromatic N) is 2. The molecule has 0 radical (unpaired) electrons. The zero-order valence-electron chi connectivity index (χ0n) is 14.5. The van der Waals surface area contributed by atoms with E-state index in [0.717, 1.165) is 4.88 Å². The van der Waals surface area contributed by atoms with Crippen LogP contribution in [0.1, 0.15) is 25.6 Å². The van der Waals surface area contributed by atoms with Gasteiger partial charge in [0.2, 0.25) is 4.90 Å². The molecule has 136 valence electrons. The predicted octanol–water partition coefficient (Wildman–Crippen LogP) is 3.13. The Balaban J connectivity index is 1.91. The zero-order chi connectivity index (χ0) is 18.1. The van der Waals surface area contributed by atoms with Crippen molar-refractivity contribution in [3.05, 3.63) is 40.7 Å². The number of pyridine rings is 1. The standard InChI is InChI=1S/C17H22N2O4S2/c1-17(2,3)22-12-13-10-19(11-14-6-5-9-24-14)25(20,21)15-7-4-8-18-16(15)23-13/h4-9,13H,10-12H2,1-3H3. The van der Waals surface area contributed by atoms with E-state index >= 15 is 0 Å². The fourth-order valence-electron chi connectivity index (χ4n) is 2.48. The smallest absolute Gasteiger partial charge is 0.272 e. The first-order valence-corrected chi connectivity index (χ1v) is 10.4. The molecule has 0 aromatic carbocycles. The Labute approximate surface area is 153 Å². The molecular formula is C17H22N2O4S2. The van der Waals surface area contributed by atoms with E-state index in [1.54, 1.807) is 6.07 Å². The third-order valence-corrected chi connectivity index (χ3v) is 6.34. The van der Waals surface area contributed by atoms with Crippen LogP contribution in [0, 0.1) is 0 Å². The topological polar surface area (TPSA) is 74.7 Å². The highest BCUT2D eigenvalue weighted by molar-refractivity contribution is 7.95. The summed E-state index contributed by atoms with van der Waals surface area (Å²) in [6.07, 6.45) is 1.11. The van der Waals surface area contributed by atoms with Crippen LogP contribution in [0.5, 0.6) is 5.88 Å². The molecule has 1 aliphatic heterocycles. The minimum absolute atomic E-state index is 0.102. The maximum atomic E-state index is 13.1. The van der Waals surface area contributed by atoms with E-state index in [1.807, 2.05) is 38.3 Å². The zero-order valence-corrected chi connectivity index (χ0v) is 16.1. The van der Waals surface area contributed by atoms with Crippen molar-refractivity contribution in [3.63, 3.8) is 0 Å². The van der Waals surface area contributed by atoms with Gasteiger partial charge in [-0.3, -0.25) is 0 Å². The molecule has 0 spiro atoms. The molecule has 25 heavy (non-hydrogen) atoms. The van der Waals surface area contributed by atoms with E-state index < -0.39 is 16.5 Å². The Kier molecular flexibility index (Phi) is 5.26. The number of ether oxygens (including phenoxy) is 2. The second-order valence-corrected chi connectivity index (χ2v) is 9.79. The van der Waals surface area contributed by atoms with Crippen molar-refractivity contribution < 1.29 is 18.2 Å². The number of thiophene rings is 1. The SMILES string of the molecule is CC(C)(C)OCC1CN(Cc2cccs2)[S+](=O)([O-])c2cccnc2O1. The molecule has 8 heteroatoms. The molecule has 2 aromatic heterocycles. The van der Waals surface area contributed by atoms with E-state index in [9.17, 15) is 8.76 Å². The van der Waals surface area contributed by atoms with Gasteiger partial charge < -0.3 is 14.0 Å². The third-order valence-electron chi connectivity index (χ3n) is 3.65. The number of hydrogen-bond donors (Lipinski definition) is 0.